The monoisotopic (exact) mass is 190 g/mol. The first kappa shape index (κ1) is 10.1. The smallest absolute Gasteiger partial charge is 0.322 e. The summed E-state index contributed by atoms with van der Waals surface area (Å²) in [7, 11) is 0. The molecule has 0 amide bonds. The van der Waals surface area contributed by atoms with Crippen LogP contribution in [0.3, 0.4) is 0 Å². The Balaban J connectivity index is 2.87. The van der Waals surface area contributed by atoms with Gasteiger partial charge in [0.1, 0.15) is 12.6 Å². The van der Waals surface area contributed by atoms with Gasteiger partial charge in [0.25, 0.3) is 0 Å². The lowest BCUT2D eigenvalue weighted by atomic mass is 10.1. The van der Waals surface area contributed by atoms with E-state index in [9.17, 15) is 4.79 Å². The maximum absolute atomic E-state index is 10.3. The fourth-order valence-corrected chi connectivity index (χ4v) is 1.08. The Morgan fingerprint density at radius 2 is 2.36 bits per heavy atom. The van der Waals surface area contributed by atoms with Gasteiger partial charge in [0.05, 0.1) is 11.3 Å². The zero-order valence-electron chi connectivity index (χ0n) is 7.74. The number of nitrogens with zero attached hydrogens (tertiary/aromatic N) is 1. The van der Waals surface area contributed by atoms with Crippen molar-refractivity contribution in [3.8, 4) is 6.07 Å². The van der Waals surface area contributed by atoms with Gasteiger partial charge in [-0.25, -0.2) is 0 Å². The number of benzene rings is 1. The standard InChI is InChI=1S/C10H10N2O2/c1-7-2-3-9(8(4-7)5-11)12-6-10(13)14/h2-4,12H,6H2,1H3,(H,13,14). The Bertz CT molecular complexity index is 394. The molecule has 1 aromatic carbocycles. The lowest BCUT2D eigenvalue weighted by Crippen LogP contribution is -2.13. The second kappa shape index (κ2) is 4.28. The van der Waals surface area contributed by atoms with Crippen molar-refractivity contribution in [2.45, 2.75) is 6.92 Å². The molecule has 0 saturated heterocycles. The van der Waals surface area contributed by atoms with Crippen LogP contribution in [0, 0.1) is 18.3 Å². The number of hydrogen-bond acceptors (Lipinski definition) is 3. The number of carboxylic acids is 1. The summed E-state index contributed by atoms with van der Waals surface area (Å²) >= 11 is 0. The predicted octanol–water partition coefficient (Wildman–Crippen LogP) is 1.36. The van der Waals surface area contributed by atoms with Gasteiger partial charge in [-0.15, -0.1) is 0 Å². The van der Waals surface area contributed by atoms with Crippen LogP contribution in [0.4, 0.5) is 5.69 Å². The van der Waals surface area contributed by atoms with E-state index in [1.807, 2.05) is 19.1 Å². The van der Waals surface area contributed by atoms with Gasteiger partial charge in [-0.1, -0.05) is 6.07 Å². The van der Waals surface area contributed by atoms with Crippen LogP contribution in [0.15, 0.2) is 18.2 Å². The normalized spacial score (nSPS) is 9.14. The summed E-state index contributed by atoms with van der Waals surface area (Å²) in [5.41, 5.74) is 1.99. The Labute approximate surface area is 81.8 Å². The van der Waals surface area contributed by atoms with E-state index in [4.69, 9.17) is 10.4 Å². The van der Waals surface area contributed by atoms with Gasteiger partial charge >= 0.3 is 5.97 Å². The van der Waals surface area contributed by atoms with E-state index in [0.29, 0.717) is 11.3 Å². The Morgan fingerprint density at radius 3 is 2.93 bits per heavy atom. The lowest BCUT2D eigenvalue weighted by Gasteiger charge is -2.05. The van der Waals surface area contributed by atoms with Crippen molar-refractivity contribution in [1.82, 2.24) is 0 Å². The third kappa shape index (κ3) is 2.49. The van der Waals surface area contributed by atoms with E-state index in [0.717, 1.165) is 5.56 Å². The molecule has 72 valence electrons. The molecule has 4 heteroatoms. The molecule has 0 aromatic heterocycles. The highest BCUT2D eigenvalue weighted by molar-refractivity contribution is 5.74. The van der Waals surface area contributed by atoms with Crippen LogP contribution >= 0.6 is 0 Å². The second-order valence-electron chi connectivity index (χ2n) is 2.91. The molecular weight excluding hydrogens is 180 g/mol. The van der Waals surface area contributed by atoms with E-state index in [-0.39, 0.29) is 6.54 Å². The zero-order valence-corrected chi connectivity index (χ0v) is 7.74. The average Bonchev–Trinajstić information content (AvgIpc) is 2.15. The maximum Gasteiger partial charge on any atom is 0.322 e. The molecule has 0 spiro atoms. The van der Waals surface area contributed by atoms with E-state index < -0.39 is 5.97 Å². The van der Waals surface area contributed by atoms with Crippen LogP contribution in [0.2, 0.25) is 0 Å². The van der Waals surface area contributed by atoms with Crippen LogP contribution in [0.1, 0.15) is 11.1 Å². The predicted molar refractivity (Wildman–Crippen MR) is 52.0 cm³/mol. The summed E-state index contributed by atoms with van der Waals surface area (Å²) in [5.74, 6) is -0.950. The largest absolute Gasteiger partial charge is 0.480 e. The topological polar surface area (TPSA) is 73.1 Å². The van der Waals surface area contributed by atoms with Gasteiger partial charge in [0, 0.05) is 0 Å². The van der Waals surface area contributed by atoms with Crippen molar-refractivity contribution in [1.29, 1.82) is 5.26 Å². The number of rotatable bonds is 3. The number of anilines is 1. The molecule has 0 atom stereocenters. The van der Waals surface area contributed by atoms with Crippen LogP contribution in [0.5, 0.6) is 0 Å². The minimum atomic E-state index is -0.950. The molecule has 0 aliphatic carbocycles. The van der Waals surface area contributed by atoms with Crippen molar-refractivity contribution in [2.24, 2.45) is 0 Å². The summed E-state index contributed by atoms with van der Waals surface area (Å²) in [4.78, 5) is 10.3. The molecule has 1 aromatic rings. The van der Waals surface area contributed by atoms with E-state index in [2.05, 4.69) is 5.32 Å². The SMILES string of the molecule is Cc1ccc(NCC(=O)O)c(C#N)c1. The average molecular weight is 190 g/mol. The van der Waals surface area contributed by atoms with Crippen LogP contribution in [-0.2, 0) is 4.79 Å². The molecule has 0 fully saturated rings. The molecule has 0 heterocycles. The first-order valence-corrected chi connectivity index (χ1v) is 4.10. The highest BCUT2D eigenvalue weighted by Gasteiger charge is 2.03. The lowest BCUT2D eigenvalue weighted by molar-refractivity contribution is -0.134. The molecular formula is C10H10N2O2. The van der Waals surface area contributed by atoms with Crippen LogP contribution in [0.25, 0.3) is 0 Å². The minimum Gasteiger partial charge on any atom is -0.480 e. The number of aliphatic carboxylic acids is 1. The summed E-state index contributed by atoms with van der Waals surface area (Å²) in [6.45, 7) is 1.69. The number of carbonyl (C=O) groups is 1. The molecule has 0 radical (unpaired) electrons. The van der Waals surface area contributed by atoms with Gasteiger partial charge in [0.2, 0.25) is 0 Å². The minimum absolute atomic E-state index is 0.183. The molecule has 1 rings (SSSR count). The number of nitriles is 1. The van der Waals surface area contributed by atoms with Crippen molar-refractivity contribution in [3.05, 3.63) is 29.3 Å². The fraction of sp³-hybridized carbons (Fsp3) is 0.200. The van der Waals surface area contributed by atoms with Gasteiger partial charge in [0.15, 0.2) is 0 Å². The molecule has 14 heavy (non-hydrogen) atoms. The van der Waals surface area contributed by atoms with Crippen molar-refractivity contribution < 1.29 is 9.90 Å². The molecule has 0 saturated carbocycles. The van der Waals surface area contributed by atoms with Crippen molar-refractivity contribution in [3.63, 3.8) is 0 Å². The molecule has 0 bridgehead atoms. The summed E-state index contributed by atoms with van der Waals surface area (Å²) in [6.07, 6.45) is 0. The highest BCUT2D eigenvalue weighted by atomic mass is 16.4. The third-order valence-corrected chi connectivity index (χ3v) is 1.73. The maximum atomic E-state index is 10.3. The summed E-state index contributed by atoms with van der Waals surface area (Å²) < 4.78 is 0. The van der Waals surface area contributed by atoms with E-state index in [1.165, 1.54) is 0 Å². The number of hydrogen-bond donors (Lipinski definition) is 2. The summed E-state index contributed by atoms with van der Waals surface area (Å²) in [5, 5.41) is 19.9. The quantitative estimate of drug-likeness (QED) is 0.754. The van der Waals surface area contributed by atoms with Gasteiger partial charge in [-0.3, -0.25) is 4.79 Å². The molecule has 0 unspecified atom stereocenters. The van der Waals surface area contributed by atoms with Gasteiger partial charge in [-0.2, -0.15) is 5.26 Å². The van der Waals surface area contributed by atoms with Crippen molar-refractivity contribution >= 4 is 11.7 Å². The van der Waals surface area contributed by atoms with Crippen LogP contribution in [-0.4, -0.2) is 17.6 Å². The van der Waals surface area contributed by atoms with Gasteiger partial charge < -0.3 is 10.4 Å². The van der Waals surface area contributed by atoms with Crippen molar-refractivity contribution in [2.75, 3.05) is 11.9 Å². The van der Waals surface area contributed by atoms with Gasteiger partial charge in [-0.05, 0) is 24.6 Å². The second-order valence-corrected chi connectivity index (χ2v) is 2.91. The number of aryl methyl sites for hydroxylation is 1. The molecule has 2 N–H and O–H groups in total. The third-order valence-electron chi connectivity index (χ3n) is 1.73. The van der Waals surface area contributed by atoms with Crippen LogP contribution < -0.4 is 5.32 Å². The van der Waals surface area contributed by atoms with E-state index >= 15 is 0 Å². The number of carboxylic acid groups (broad SMARTS) is 1. The molecule has 0 aliphatic rings. The number of nitrogens with one attached hydrogen (secondary N) is 1. The zero-order chi connectivity index (χ0) is 10.6. The molecule has 0 aliphatic heterocycles. The summed E-state index contributed by atoms with van der Waals surface area (Å²) in [6, 6.07) is 7.25. The Hall–Kier alpha value is -2.02. The fourth-order valence-electron chi connectivity index (χ4n) is 1.08. The first-order chi connectivity index (χ1) is 6.63. The Kier molecular flexibility index (Phi) is 3.08. The highest BCUT2D eigenvalue weighted by Crippen LogP contribution is 2.15. The van der Waals surface area contributed by atoms with E-state index in [1.54, 1.807) is 12.1 Å². The Morgan fingerprint density at radius 1 is 1.64 bits per heavy atom. The first-order valence-electron chi connectivity index (χ1n) is 4.10. The molecule has 4 nitrogen and oxygen atoms in total.